The molecule has 3 rings (SSSR count). The second kappa shape index (κ2) is 7.08. The highest BCUT2D eigenvalue weighted by atomic mass is 16.5. The molecule has 0 aliphatic carbocycles. The molecule has 0 atom stereocenters. The van der Waals surface area contributed by atoms with E-state index in [1.807, 2.05) is 18.0 Å². The number of piperidine rings is 1. The zero-order valence-electron chi connectivity index (χ0n) is 15.3. The highest BCUT2D eigenvalue weighted by Crippen LogP contribution is 2.21. The SMILES string of the molecule is COC1CCN(Cc2ccc(-n3ccc(C(C)(C)C)n3)cc2)CC1. The number of hydrogen-bond donors (Lipinski definition) is 0. The first-order valence-electron chi connectivity index (χ1n) is 8.86. The predicted octanol–water partition coefficient (Wildman–Crippen LogP) is 3.78. The van der Waals surface area contributed by atoms with E-state index in [1.165, 1.54) is 5.56 Å². The van der Waals surface area contributed by atoms with E-state index in [-0.39, 0.29) is 5.41 Å². The Hall–Kier alpha value is -1.65. The molecule has 0 bridgehead atoms. The number of benzene rings is 1. The van der Waals surface area contributed by atoms with Crippen LogP contribution in [0.3, 0.4) is 0 Å². The van der Waals surface area contributed by atoms with Crippen molar-refractivity contribution in [1.82, 2.24) is 14.7 Å². The lowest BCUT2D eigenvalue weighted by Crippen LogP contribution is -2.36. The van der Waals surface area contributed by atoms with Gasteiger partial charge >= 0.3 is 0 Å². The third-order valence-electron chi connectivity index (χ3n) is 4.83. The summed E-state index contributed by atoms with van der Waals surface area (Å²) in [5, 5.41) is 4.71. The van der Waals surface area contributed by atoms with Gasteiger partial charge in [-0.25, -0.2) is 4.68 Å². The molecule has 0 radical (unpaired) electrons. The molecule has 1 saturated heterocycles. The Balaban J connectivity index is 1.62. The number of ether oxygens (including phenoxy) is 1. The first kappa shape index (κ1) is 17.2. The van der Waals surface area contributed by atoms with Gasteiger partial charge in [-0.15, -0.1) is 0 Å². The third-order valence-corrected chi connectivity index (χ3v) is 4.83. The number of hydrogen-bond acceptors (Lipinski definition) is 3. The minimum absolute atomic E-state index is 0.0829. The van der Waals surface area contributed by atoms with Crippen LogP contribution >= 0.6 is 0 Å². The van der Waals surface area contributed by atoms with Crippen molar-refractivity contribution in [1.29, 1.82) is 0 Å². The summed E-state index contributed by atoms with van der Waals surface area (Å²) < 4.78 is 7.41. The molecule has 130 valence electrons. The van der Waals surface area contributed by atoms with Crippen molar-refractivity contribution in [2.45, 2.75) is 51.7 Å². The van der Waals surface area contributed by atoms with E-state index in [2.05, 4.69) is 56.0 Å². The Morgan fingerprint density at radius 3 is 2.29 bits per heavy atom. The van der Waals surface area contributed by atoms with Gasteiger partial charge in [-0.2, -0.15) is 5.10 Å². The van der Waals surface area contributed by atoms with Crippen LogP contribution in [-0.4, -0.2) is 41.0 Å². The summed E-state index contributed by atoms with van der Waals surface area (Å²) >= 11 is 0. The van der Waals surface area contributed by atoms with Crippen molar-refractivity contribution in [2.75, 3.05) is 20.2 Å². The van der Waals surface area contributed by atoms with Crippen molar-refractivity contribution in [3.8, 4) is 5.69 Å². The lowest BCUT2D eigenvalue weighted by molar-refractivity contribution is 0.0388. The minimum Gasteiger partial charge on any atom is -0.381 e. The molecule has 2 heterocycles. The predicted molar refractivity (Wildman–Crippen MR) is 97.6 cm³/mol. The van der Waals surface area contributed by atoms with E-state index in [0.717, 1.165) is 43.9 Å². The van der Waals surface area contributed by atoms with Crippen LogP contribution in [0.25, 0.3) is 5.69 Å². The summed E-state index contributed by atoms with van der Waals surface area (Å²) in [6.45, 7) is 9.83. The molecule has 24 heavy (non-hydrogen) atoms. The molecule has 2 aromatic rings. The summed E-state index contributed by atoms with van der Waals surface area (Å²) in [5.41, 5.74) is 3.68. The molecule has 0 spiro atoms. The topological polar surface area (TPSA) is 30.3 Å². The monoisotopic (exact) mass is 327 g/mol. The number of likely N-dealkylation sites (tertiary alicyclic amines) is 1. The minimum atomic E-state index is 0.0829. The maximum Gasteiger partial charge on any atom is 0.0682 e. The van der Waals surface area contributed by atoms with Gasteiger partial charge in [-0.3, -0.25) is 4.90 Å². The van der Waals surface area contributed by atoms with Crippen molar-refractivity contribution < 1.29 is 4.74 Å². The van der Waals surface area contributed by atoms with Crippen LogP contribution in [0.5, 0.6) is 0 Å². The van der Waals surface area contributed by atoms with Gasteiger partial charge in [0.1, 0.15) is 0 Å². The van der Waals surface area contributed by atoms with Crippen molar-refractivity contribution >= 4 is 0 Å². The molecule has 1 aromatic carbocycles. The van der Waals surface area contributed by atoms with Gasteiger partial charge in [0.2, 0.25) is 0 Å². The van der Waals surface area contributed by atoms with Gasteiger partial charge in [-0.05, 0) is 36.6 Å². The maximum atomic E-state index is 5.44. The van der Waals surface area contributed by atoms with Gasteiger partial charge in [0.25, 0.3) is 0 Å². The molecule has 0 saturated carbocycles. The van der Waals surface area contributed by atoms with E-state index in [0.29, 0.717) is 6.10 Å². The van der Waals surface area contributed by atoms with Crippen LogP contribution in [0.4, 0.5) is 0 Å². The lowest BCUT2D eigenvalue weighted by atomic mass is 9.93. The van der Waals surface area contributed by atoms with E-state index in [1.54, 1.807) is 0 Å². The van der Waals surface area contributed by atoms with E-state index < -0.39 is 0 Å². The van der Waals surface area contributed by atoms with Gasteiger partial charge < -0.3 is 4.74 Å². The van der Waals surface area contributed by atoms with Gasteiger partial charge in [0.15, 0.2) is 0 Å². The molecular formula is C20H29N3O. The molecule has 4 nitrogen and oxygen atoms in total. The molecule has 1 aliphatic rings. The number of nitrogens with zero attached hydrogens (tertiary/aromatic N) is 3. The van der Waals surface area contributed by atoms with Crippen LogP contribution in [0.15, 0.2) is 36.5 Å². The maximum absolute atomic E-state index is 5.44. The second-order valence-corrected chi connectivity index (χ2v) is 7.77. The molecule has 4 heteroatoms. The molecule has 1 fully saturated rings. The van der Waals surface area contributed by atoms with Crippen molar-refractivity contribution in [3.63, 3.8) is 0 Å². The van der Waals surface area contributed by atoms with Crippen LogP contribution in [0.2, 0.25) is 0 Å². The van der Waals surface area contributed by atoms with Gasteiger partial charge in [-0.1, -0.05) is 32.9 Å². The van der Waals surface area contributed by atoms with Crippen LogP contribution in [-0.2, 0) is 16.7 Å². The third kappa shape index (κ3) is 4.05. The smallest absolute Gasteiger partial charge is 0.0682 e. The Labute approximate surface area is 145 Å². The van der Waals surface area contributed by atoms with Crippen LogP contribution in [0, 0.1) is 0 Å². The first-order chi connectivity index (χ1) is 11.5. The standard InChI is InChI=1S/C20H29N3O/c1-20(2,3)19-11-14-23(21-19)17-7-5-16(6-8-17)15-22-12-9-18(24-4)10-13-22/h5-8,11,14,18H,9-10,12-13,15H2,1-4H3. The van der Waals surface area contributed by atoms with E-state index in [9.17, 15) is 0 Å². The summed E-state index contributed by atoms with van der Waals surface area (Å²) in [4.78, 5) is 2.51. The Kier molecular flexibility index (Phi) is 5.07. The molecule has 0 amide bonds. The molecule has 0 N–H and O–H groups in total. The zero-order valence-corrected chi connectivity index (χ0v) is 15.3. The molecule has 1 aliphatic heterocycles. The average molecular weight is 327 g/mol. The Morgan fingerprint density at radius 1 is 1.08 bits per heavy atom. The average Bonchev–Trinajstić information content (AvgIpc) is 3.07. The summed E-state index contributed by atoms with van der Waals surface area (Å²) in [6.07, 6.45) is 4.76. The van der Waals surface area contributed by atoms with E-state index in [4.69, 9.17) is 9.84 Å². The van der Waals surface area contributed by atoms with Crippen LogP contribution in [0.1, 0.15) is 44.9 Å². The fourth-order valence-electron chi connectivity index (χ4n) is 3.18. The highest BCUT2D eigenvalue weighted by molar-refractivity contribution is 5.34. The summed E-state index contributed by atoms with van der Waals surface area (Å²) in [6, 6.07) is 10.9. The van der Waals surface area contributed by atoms with Crippen molar-refractivity contribution in [3.05, 3.63) is 47.8 Å². The molecule has 1 aromatic heterocycles. The largest absolute Gasteiger partial charge is 0.381 e. The number of rotatable bonds is 4. The van der Waals surface area contributed by atoms with Gasteiger partial charge in [0, 0.05) is 38.4 Å². The van der Waals surface area contributed by atoms with Crippen LogP contribution < -0.4 is 0 Å². The lowest BCUT2D eigenvalue weighted by Gasteiger charge is -2.31. The van der Waals surface area contributed by atoms with Crippen molar-refractivity contribution in [2.24, 2.45) is 0 Å². The van der Waals surface area contributed by atoms with E-state index >= 15 is 0 Å². The van der Waals surface area contributed by atoms with Gasteiger partial charge in [0.05, 0.1) is 17.5 Å². The summed E-state index contributed by atoms with van der Waals surface area (Å²) in [7, 11) is 1.82. The number of aromatic nitrogens is 2. The quantitative estimate of drug-likeness (QED) is 0.856. The zero-order chi connectivity index (χ0) is 17.2. The molecular weight excluding hydrogens is 298 g/mol. The fourth-order valence-corrected chi connectivity index (χ4v) is 3.18. The Bertz CT molecular complexity index is 646. The summed E-state index contributed by atoms with van der Waals surface area (Å²) in [5.74, 6) is 0. The molecule has 0 unspecified atom stereocenters. The highest BCUT2D eigenvalue weighted by Gasteiger charge is 2.19. The Morgan fingerprint density at radius 2 is 1.75 bits per heavy atom. The first-order valence-corrected chi connectivity index (χ1v) is 8.86. The normalized spacial score (nSPS) is 17.3. The fraction of sp³-hybridized carbons (Fsp3) is 0.550. The second-order valence-electron chi connectivity index (χ2n) is 7.77. The number of methoxy groups -OCH3 is 1.